The van der Waals surface area contributed by atoms with Crippen molar-refractivity contribution in [3.05, 3.63) is 0 Å². The lowest BCUT2D eigenvalue weighted by Gasteiger charge is -2.27. The fraction of sp³-hybridized carbons (Fsp3) is 0.808. The summed E-state index contributed by atoms with van der Waals surface area (Å²) in [5, 5.41) is 5.37. The van der Waals surface area contributed by atoms with Crippen molar-refractivity contribution in [2.75, 3.05) is 40.0 Å². The Morgan fingerprint density at radius 3 is 2.08 bits per heavy atom. The average molecular weight is 533 g/mol. The van der Waals surface area contributed by atoms with Crippen molar-refractivity contribution in [2.24, 2.45) is 0 Å². The molecule has 9 nitrogen and oxygen atoms in total. The van der Waals surface area contributed by atoms with Gasteiger partial charge in [0.2, 0.25) is 23.6 Å². The lowest BCUT2D eigenvalue weighted by atomic mass is 10.1. The van der Waals surface area contributed by atoms with Crippen molar-refractivity contribution in [3.63, 3.8) is 0 Å². The largest absolute Gasteiger partial charge is 0.353 e. The number of thioether (sulfide) groups is 1. The second-order valence-electron chi connectivity index (χ2n) is 7.49. The number of rotatable bonds is 14. The van der Waals surface area contributed by atoms with Crippen molar-refractivity contribution in [2.45, 2.75) is 98.3 Å². The molecule has 2 atom stereocenters. The van der Waals surface area contributed by atoms with Crippen LogP contribution >= 0.6 is 11.8 Å². The van der Waals surface area contributed by atoms with Crippen LogP contribution in [0.5, 0.6) is 0 Å². The van der Waals surface area contributed by atoms with Gasteiger partial charge in [-0.3, -0.25) is 28.9 Å². The van der Waals surface area contributed by atoms with E-state index in [1.807, 2.05) is 41.5 Å². The molecule has 2 N–H and O–H groups in total. The van der Waals surface area contributed by atoms with Gasteiger partial charge < -0.3 is 15.5 Å². The molecule has 212 valence electrons. The molecular formula is C26H52N4O5S. The minimum Gasteiger partial charge on any atom is -0.353 e. The summed E-state index contributed by atoms with van der Waals surface area (Å²) in [6.07, 6.45) is 2.86. The maximum atomic E-state index is 12.5. The van der Waals surface area contributed by atoms with Crippen molar-refractivity contribution in [1.82, 2.24) is 20.4 Å². The van der Waals surface area contributed by atoms with Crippen molar-refractivity contribution in [3.8, 4) is 0 Å². The van der Waals surface area contributed by atoms with E-state index in [-0.39, 0.29) is 47.5 Å². The number of Topliss-reactive ketones (excluding diaryl/α,β-unsaturated/α-hetero) is 1. The average Bonchev–Trinajstić information content (AvgIpc) is 3.14. The molecule has 2 unspecified atom stereocenters. The predicted molar refractivity (Wildman–Crippen MR) is 150 cm³/mol. The summed E-state index contributed by atoms with van der Waals surface area (Å²) in [4.78, 5) is 62.3. The fourth-order valence-corrected chi connectivity index (χ4v) is 4.31. The van der Waals surface area contributed by atoms with Crippen LogP contribution in [0.4, 0.5) is 0 Å². The Kier molecular flexibility index (Phi) is 26.5. The van der Waals surface area contributed by atoms with E-state index >= 15 is 0 Å². The summed E-state index contributed by atoms with van der Waals surface area (Å²) in [5.41, 5.74) is 0. The van der Waals surface area contributed by atoms with Crippen LogP contribution in [0.15, 0.2) is 0 Å². The lowest BCUT2D eigenvalue weighted by molar-refractivity contribution is -0.140. The normalized spacial score (nSPS) is 14.8. The highest BCUT2D eigenvalue weighted by atomic mass is 32.2. The molecule has 4 amide bonds. The summed E-state index contributed by atoms with van der Waals surface area (Å²) in [7, 11) is 4.84. The van der Waals surface area contributed by atoms with Crippen LogP contribution in [0.3, 0.4) is 0 Å². The second-order valence-corrected chi connectivity index (χ2v) is 8.80. The molecule has 0 saturated carbocycles. The zero-order valence-corrected chi connectivity index (χ0v) is 25.2. The number of unbranched alkanes of at least 4 members (excludes halogenated alkanes) is 2. The van der Waals surface area contributed by atoms with E-state index in [9.17, 15) is 24.0 Å². The Hall–Kier alpha value is -1.94. The van der Waals surface area contributed by atoms with Crippen molar-refractivity contribution >= 4 is 41.2 Å². The second kappa shape index (κ2) is 24.7. The number of nitrogens with zero attached hydrogens (tertiary/aromatic N) is 2. The van der Waals surface area contributed by atoms with Gasteiger partial charge in [-0.1, -0.05) is 48.0 Å². The summed E-state index contributed by atoms with van der Waals surface area (Å²) < 4.78 is 0. The molecule has 1 aliphatic rings. The van der Waals surface area contributed by atoms with Gasteiger partial charge in [0.15, 0.2) is 0 Å². The first kappa shape index (κ1) is 38.6. The molecule has 10 heteroatoms. The van der Waals surface area contributed by atoms with Gasteiger partial charge in [-0.2, -0.15) is 0 Å². The molecule has 0 aromatic rings. The lowest BCUT2D eigenvalue weighted by Crippen LogP contribution is -2.49. The Bertz CT molecular complexity index is 646. The number of likely N-dealkylation sites (N-methyl/N-ethyl adjacent to an activating group) is 2. The fourth-order valence-electron chi connectivity index (χ4n) is 3.09. The molecule has 0 aromatic heterocycles. The van der Waals surface area contributed by atoms with E-state index in [1.54, 1.807) is 14.1 Å². The van der Waals surface area contributed by atoms with Crippen LogP contribution in [0.25, 0.3) is 0 Å². The maximum Gasteiger partial charge on any atom is 0.243 e. The molecule has 1 rings (SSSR count). The van der Waals surface area contributed by atoms with Gasteiger partial charge >= 0.3 is 0 Å². The van der Waals surface area contributed by atoms with E-state index in [0.29, 0.717) is 25.9 Å². The number of carbonyl (C=O) groups excluding carboxylic acids is 5. The highest BCUT2D eigenvalue weighted by Crippen LogP contribution is 2.25. The topological polar surface area (TPSA) is 116 Å². The van der Waals surface area contributed by atoms with Crippen LogP contribution in [0, 0.1) is 0 Å². The number of carbonyl (C=O) groups is 5. The van der Waals surface area contributed by atoms with Crippen LogP contribution in [0.2, 0.25) is 0 Å². The van der Waals surface area contributed by atoms with Crippen molar-refractivity contribution < 1.29 is 24.0 Å². The van der Waals surface area contributed by atoms with Gasteiger partial charge in [0, 0.05) is 46.4 Å². The molecule has 0 bridgehead atoms. The minimum absolute atomic E-state index is 0.00709. The molecule has 1 saturated heterocycles. The highest BCUT2D eigenvalue weighted by Gasteiger charge is 2.35. The summed E-state index contributed by atoms with van der Waals surface area (Å²) >= 11 is 1.49. The summed E-state index contributed by atoms with van der Waals surface area (Å²) in [6.45, 7) is 14.4. The van der Waals surface area contributed by atoms with Crippen LogP contribution in [-0.2, 0) is 24.0 Å². The molecule has 0 spiro atoms. The SMILES string of the molecule is CC.CC.CC.CNCCNC(=O)C(CC(C)=O)N(C)C(=O)CCCCCSC1CC(=O)N(C)C1=O. The summed E-state index contributed by atoms with van der Waals surface area (Å²) in [6, 6.07) is -0.801. The van der Waals surface area contributed by atoms with Gasteiger partial charge in [-0.15, -0.1) is 11.8 Å². The monoisotopic (exact) mass is 532 g/mol. The van der Waals surface area contributed by atoms with E-state index in [0.717, 1.165) is 18.6 Å². The number of likely N-dealkylation sites (tertiary alicyclic amines) is 1. The summed E-state index contributed by atoms with van der Waals surface area (Å²) in [5.74, 6) is -0.162. The first-order valence-corrected chi connectivity index (χ1v) is 14.3. The van der Waals surface area contributed by atoms with E-state index in [1.165, 1.54) is 35.5 Å². The van der Waals surface area contributed by atoms with Gasteiger partial charge in [-0.25, -0.2) is 0 Å². The number of nitrogens with one attached hydrogen (secondary N) is 2. The molecule has 0 aromatic carbocycles. The molecule has 0 radical (unpaired) electrons. The molecule has 1 fully saturated rings. The highest BCUT2D eigenvalue weighted by molar-refractivity contribution is 8.00. The Morgan fingerprint density at radius 1 is 1.03 bits per heavy atom. The maximum absolute atomic E-state index is 12.5. The van der Waals surface area contributed by atoms with E-state index in [4.69, 9.17) is 0 Å². The minimum atomic E-state index is -0.801. The van der Waals surface area contributed by atoms with Gasteiger partial charge in [0.05, 0.1) is 5.25 Å². The number of hydrogen-bond acceptors (Lipinski definition) is 7. The number of imide groups is 1. The third kappa shape index (κ3) is 15.9. The molecular weight excluding hydrogens is 480 g/mol. The zero-order valence-electron chi connectivity index (χ0n) is 24.4. The quantitative estimate of drug-likeness (QED) is 0.261. The third-order valence-corrected chi connectivity index (χ3v) is 6.31. The third-order valence-electron chi connectivity index (χ3n) is 5.01. The molecule has 36 heavy (non-hydrogen) atoms. The number of amides is 4. The first-order valence-electron chi connectivity index (χ1n) is 13.3. The van der Waals surface area contributed by atoms with Gasteiger partial charge in [0.1, 0.15) is 11.8 Å². The van der Waals surface area contributed by atoms with Crippen LogP contribution in [-0.4, -0.2) is 90.5 Å². The van der Waals surface area contributed by atoms with E-state index < -0.39 is 6.04 Å². The Morgan fingerprint density at radius 2 is 1.61 bits per heavy atom. The molecule has 0 aliphatic carbocycles. The Balaban J connectivity index is -0.00000168. The van der Waals surface area contributed by atoms with E-state index in [2.05, 4.69) is 10.6 Å². The zero-order chi connectivity index (χ0) is 28.7. The molecule has 1 aliphatic heterocycles. The predicted octanol–water partition coefficient (Wildman–Crippen LogP) is 3.26. The standard InChI is InChI=1S/C20H34N4O5S.3C2H6/c1-14(25)12-15(19(28)22-10-9-21-2)23(3)17(26)8-6-5-7-11-30-16-13-18(27)24(4)20(16)29;3*1-2/h15-16,21H,5-13H2,1-4H3,(H,22,28);3*1-2H3. The van der Waals surface area contributed by atoms with Crippen LogP contribution < -0.4 is 10.6 Å². The number of ketones is 1. The van der Waals surface area contributed by atoms with Crippen LogP contribution in [0.1, 0.15) is 87.0 Å². The van der Waals surface area contributed by atoms with Gasteiger partial charge in [-0.05, 0) is 32.6 Å². The smallest absolute Gasteiger partial charge is 0.243 e. The Labute approximate surface area is 223 Å². The number of hydrogen-bond donors (Lipinski definition) is 2. The first-order chi connectivity index (χ1) is 17.2. The van der Waals surface area contributed by atoms with Crippen molar-refractivity contribution in [1.29, 1.82) is 0 Å². The molecule has 1 heterocycles. The van der Waals surface area contributed by atoms with Gasteiger partial charge in [0.25, 0.3) is 0 Å².